The summed E-state index contributed by atoms with van der Waals surface area (Å²) in [6, 6.07) is 8.19. The minimum Gasteiger partial charge on any atom is -0.480 e. The number of amides is 1. The van der Waals surface area contributed by atoms with Crippen LogP contribution in [0.1, 0.15) is 24.5 Å². The SMILES string of the molecule is Cc1ccccc1CCNC(=O)CN1CCC(C)(NCC(=O)O)C1.Cl. The molecule has 1 saturated heterocycles. The molecule has 1 atom stereocenters. The molecule has 0 spiro atoms. The molecule has 1 heterocycles. The fourth-order valence-electron chi connectivity index (χ4n) is 3.11. The van der Waals surface area contributed by atoms with E-state index in [1.807, 2.05) is 19.1 Å². The van der Waals surface area contributed by atoms with Gasteiger partial charge in [0.1, 0.15) is 0 Å². The van der Waals surface area contributed by atoms with Crippen LogP contribution < -0.4 is 10.6 Å². The quantitative estimate of drug-likeness (QED) is 0.641. The number of likely N-dealkylation sites (tertiary alicyclic amines) is 1. The van der Waals surface area contributed by atoms with E-state index in [1.54, 1.807) is 0 Å². The fraction of sp³-hybridized carbons (Fsp3) is 0.556. The molecule has 1 aromatic rings. The third-order valence-corrected chi connectivity index (χ3v) is 4.56. The van der Waals surface area contributed by atoms with E-state index >= 15 is 0 Å². The number of benzene rings is 1. The number of rotatable bonds is 8. The van der Waals surface area contributed by atoms with Gasteiger partial charge >= 0.3 is 5.97 Å². The zero-order chi connectivity index (χ0) is 17.6. The predicted molar refractivity (Wildman–Crippen MR) is 100 cm³/mol. The second-order valence-corrected chi connectivity index (χ2v) is 6.80. The lowest BCUT2D eigenvalue weighted by atomic mass is 10.0. The van der Waals surface area contributed by atoms with E-state index in [2.05, 4.69) is 34.6 Å². The van der Waals surface area contributed by atoms with Crippen LogP contribution in [-0.2, 0) is 16.0 Å². The van der Waals surface area contributed by atoms with Crippen LogP contribution in [0, 0.1) is 6.92 Å². The molecule has 6 nitrogen and oxygen atoms in total. The zero-order valence-electron chi connectivity index (χ0n) is 14.9. The van der Waals surface area contributed by atoms with Gasteiger partial charge in [0.2, 0.25) is 5.91 Å². The second kappa shape index (κ2) is 9.75. The van der Waals surface area contributed by atoms with Gasteiger partial charge in [0.15, 0.2) is 0 Å². The maximum absolute atomic E-state index is 12.1. The van der Waals surface area contributed by atoms with Crippen LogP contribution in [0.4, 0.5) is 0 Å². The van der Waals surface area contributed by atoms with Crippen molar-refractivity contribution in [2.24, 2.45) is 0 Å². The Morgan fingerprint density at radius 1 is 1.32 bits per heavy atom. The first-order chi connectivity index (χ1) is 11.4. The van der Waals surface area contributed by atoms with Crippen LogP contribution in [0.3, 0.4) is 0 Å². The van der Waals surface area contributed by atoms with Crippen molar-refractivity contribution in [2.75, 3.05) is 32.7 Å². The third-order valence-electron chi connectivity index (χ3n) is 4.56. The van der Waals surface area contributed by atoms with Crippen molar-refractivity contribution in [1.82, 2.24) is 15.5 Å². The number of carboxylic acid groups (broad SMARTS) is 1. The standard InChI is InChI=1S/C18H27N3O3.ClH/c1-14-5-3-4-6-15(14)7-9-19-16(22)12-21-10-8-18(2,13-21)20-11-17(23)24;/h3-6,20H,7-13H2,1-2H3,(H,19,22)(H,23,24);1H. The molecule has 1 aliphatic heterocycles. The molecule has 25 heavy (non-hydrogen) atoms. The largest absolute Gasteiger partial charge is 0.480 e. The molecule has 1 aromatic carbocycles. The molecule has 2 rings (SSSR count). The summed E-state index contributed by atoms with van der Waals surface area (Å²) >= 11 is 0. The number of nitrogens with one attached hydrogen (secondary N) is 2. The molecular formula is C18H28ClN3O3. The van der Waals surface area contributed by atoms with Crippen LogP contribution in [0.25, 0.3) is 0 Å². The molecule has 3 N–H and O–H groups in total. The zero-order valence-corrected chi connectivity index (χ0v) is 15.7. The number of hydrogen-bond acceptors (Lipinski definition) is 4. The van der Waals surface area contributed by atoms with E-state index in [4.69, 9.17) is 5.11 Å². The van der Waals surface area contributed by atoms with Crippen molar-refractivity contribution >= 4 is 24.3 Å². The number of carboxylic acids is 1. The van der Waals surface area contributed by atoms with Gasteiger partial charge in [-0.3, -0.25) is 14.5 Å². The lowest BCUT2D eigenvalue weighted by Gasteiger charge is -2.25. The summed E-state index contributed by atoms with van der Waals surface area (Å²) < 4.78 is 0. The van der Waals surface area contributed by atoms with Gasteiger partial charge in [-0.05, 0) is 37.8 Å². The summed E-state index contributed by atoms with van der Waals surface area (Å²) in [5, 5.41) is 14.8. The Bertz CT molecular complexity index is 597. The summed E-state index contributed by atoms with van der Waals surface area (Å²) in [5.41, 5.74) is 2.26. The van der Waals surface area contributed by atoms with Crippen molar-refractivity contribution in [3.8, 4) is 0 Å². The monoisotopic (exact) mass is 369 g/mol. The van der Waals surface area contributed by atoms with Gasteiger partial charge in [0.05, 0.1) is 13.1 Å². The van der Waals surface area contributed by atoms with E-state index < -0.39 is 5.97 Å². The molecule has 1 fully saturated rings. The maximum Gasteiger partial charge on any atom is 0.317 e. The van der Waals surface area contributed by atoms with E-state index in [0.29, 0.717) is 19.6 Å². The Hall–Kier alpha value is -1.63. The molecule has 1 unspecified atom stereocenters. The molecule has 0 radical (unpaired) electrons. The van der Waals surface area contributed by atoms with Crippen molar-refractivity contribution in [1.29, 1.82) is 0 Å². The first kappa shape index (κ1) is 21.4. The number of halogens is 1. The molecule has 1 amide bonds. The van der Waals surface area contributed by atoms with Gasteiger partial charge < -0.3 is 15.7 Å². The van der Waals surface area contributed by atoms with Gasteiger partial charge in [0, 0.05) is 25.2 Å². The molecule has 0 aliphatic carbocycles. The molecule has 0 bridgehead atoms. The van der Waals surface area contributed by atoms with E-state index in [-0.39, 0.29) is 30.4 Å². The third kappa shape index (κ3) is 7.02. The molecule has 0 saturated carbocycles. The van der Waals surface area contributed by atoms with Crippen LogP contribution in [0.5, 0.6) is 0 Å². The summed E-state index contributed by atoms with van der Waals surface area (Å²) in [7, 11) is 0. The first-order valence-electron chi connectivity index (χ1n) is 8.38. The van der Waals surface area contributed by atoms with Crippen molar-refractivity contribution in [2.45, 2.75) is 32.2 Å². The summed E-state index contributed by atoms with van der Waals surface area (Å²) in [6.45, 7) is 6.51. The number of aryl methyl sites for hydroxylation is 1. The normalized spacial score (nSPS) is 20.1. The maximum atomic E-state index is 12.1. The number of hydrogen-bond donors (Lipinski definition) is 3. The number of carbonyl (C=O) groups excluding carboxylic acids is 1. The van der Waals surface area contributed by atoms with Crippen LogP contribution in [0.15, 0.2) is 24.3 Å². The summed E-state index contributed by atoms with van der Waals surface area (Å²) in [6.07, 6.45) is 1.67. The smallest absolute Gasteiger partial charge is 0.317 e. The average molecular weight is 370 g/mol. The van der Waals surface area contributed by atoms with Crippen molar-refractivity contribution in [3.63, 3.8) is 0 Å². The predicted octanol–water partition coefficient (Wildman–Crippen LogP) is 1.21. The molecule has 7 heteroatoms. The minimum atomic E-state index is -0.858. The Kier molecular flexibility index (Phi) is 8.35. The Labute approximate surface area is 155 Å². The Balaban J connectivity index is 0.00000312. The molecule has 1 aliphatic rings. The van der Waals surface area contributed by atoms with Crippen LogP contribution in [0.2, 0.25) is 0 Å². The lowest BCUT2D eigenvalue weighted by Crippen LogP contribution is -2.47. The van der Waals surface area contributed by atoms with E-state index in [1.165, 1.54) is 11.1 Å². The lowest BCUT2D eigenvalue weighted by molar-refractivity contribution is -0.136. The van der Waals surface area contributed by atoms with Gasteiger partial charge in [-0.2, -0.15) is 0 Å². The number of carbonyl (C=O) groups is 2. The molecular weight excluding hydrogens is 342 g/mol. The van der Waals surface area contributed by atoms with Gasteiger partial charge in [-0.1, -0.05) is 24.3 Å². The number of nitrogens with zero attached hydrogens (tertiary/aromatic N) is 1. The van der Waals surface area contributed by atoms with Gasteiger partial charge in [-0.25, -0.2) is 0 Å². The first-order valence-corrected chi connectivity index (χ1v) is 8.38. The Morgan fingerprint density at radius 2 is 2.04 bits per heavy atom. The highest BCUT2D eigenvalue weighted by molar-refractivity contribution is 5.85. The fourth-order valence-corrected chi connectivity index (χ4v) is 3.11. The highest BCUT2D eigenvalue weighted by Gasteiger charge is 2.34. The minimum absolute atomic E-state index is 0. The topological polar surface area (TPSA) is 81.7 Å². The van der Waals surface area contributed by atoms with E-state index in [9.17, 15) is 9.59 Å². The summed E-state index contributed by atoms with van der Waals surface area (Å²) in [5.74, 6) is -0.838. The summed E-state index contributed by atoms with van der Waals surface area (Å²) in [4.78, 5) is 24.8. The van der Waals surface area contributed by atoms with E-state index in [0.717, 1.165) is 19.4 Å². The number of aliphatic carboxylic acids is 1. The average Bonchev–Trinajstić information content (AvgIpc) is 2.89. The van der Waals surface area contributed by atoms with Gasteiger partial charge in [0.25, 0.3) is 0 Å². The van der Waals surface area contributed by atoms with Crippen LogP contribution in [-0.4, -0.2) is 60.1 Å². The van der Waals surface area contributed by atoms with Crippen LogP contribution >= 0.6 is 12.4 Å². The highest BCUT2D eigenvalue weighted by Crippen LogP contribution is 2.20. The molecule has 140 valence electrons. The van der Waals surface area contributed by atoms with Crippen molar-refractivity contribution < 1.29 is 14.7 Å². The molecule has 0 aromatic heterocycles. The van der Waals surface area contributed by atoms with Crippen molar-refractivity contribution in [3.05, 3.63) is 35.4 Å². The second-order valence-electron chi connectivity index (χ2n) is 6.80. The highest BCUT2D eigenvalue weighted by atomic mass is 35.5. The van der Waals surface area contributed by atoms with Gasteiger partial charge in [-0.15, -0.1) is 12.4 Å². The Morgan fingerprint density at radius 3 is 2.72 bits per heavy atom.